The zero-order valence-electron chi connectivity index (χ0n) is 7.08. The summed E-state index contributed by atoms with van der Waals surface area (Å²) >= 11 is 1.61. The summed E-state index contributed by atoms with van der Waals surface area (Å²) in [6.45, 7) is 5.59. The SMILES string of the molecule is C=CCSc1nc(C)ccc1N. The van der Waals surface area contributed by atoms with Crippen molar-refractivity contribution in [3.8, 4) is 0 Å². The molecule has 1 aromatic heterocycles. The van der Waals surface area contributed by atoms with Gasteiger partial charge in [0.1, 0.15) is 5.03 Å². The molecule has 12 heavy (non-hydrogen) atoms. The molecule has 0 amide bonds. The second-order valence-corrected chi connectivity index (χ2v) is 3.46. The predicted octanol–water partition coefficient (Wildman–Crippen LogP) is 2.25. The fourth-order valence-electron chi connectivity index (χ4n) is 0.797. The van der Waals surface area contributed by atoms with E-state index in [1.165, 1.54) is 0 Å². The summed E-state index contributed by atoms with van der Waals surface area (Å²) in [5.41, 5.74) is 7.45. The van der Waals surface area contributed by atoms with Crippen LogP contribution in [0.4, 0.5) is 5.69 Å². The second-order valence-electron chi connectivity index (χ2n) is 2.45. The van der Waals surface area contributed by atoms with E-state index in [1.807, 2.05) is 25.1 Å². The third-order valence-electron chi connectivity index (χ3n) is 1.37. The Balaban J connectivity index is 2.82. The molecule has 0 aromatic carbocycles. The topological polar surface area (TPSA) is 38.9 Å². The Morgan fingerprint density at radius 1 is 1.67 bits per heavy atom. The molecule has 0 atom stereocenters. The summed E-state index contributed by atoms with van der Waals surface area (Å²) in [4.78, 5) is 4.30. The number of hydrogen-bond donors (Lipinski definition) is 1. The van der Waals surface area contributed by atoms with Gasteiger partial charge in [-0.15, -0.1) is 18.3 Å². The zero-order valence-corrected chi connectivity index (χ0v) is 7.90. The van der Waals surface area contributed by atoms with Gasteiger partial charge in [0.25, 0.3) is 0 Å². The third kappa shape index (κ3) is 2.27. The number of thioether (sulfide) groups is 1. The first-order chi connectivity index (χ1) is 5.74. The van der Waals surface area contributed by atoms with Gasteiger partial charge in [-0.25, -0.2) is 4.98 Å². The second kappa shape index (κ2) is 4.16. The maximum Gasteiger partial charge on any atom is 0.120 e. The molecule has 2 N–H and O–H groups in total. The molecule has 64 valence electrons. The van der Waals surface area contributed by atoms with Gasteiger partial charge in [-0.2, -0.15) is 0 Å². The molecule has 0 aliphatic rings. The van der Waals surface area contributed by atoms with Gasteiger partial charge in [-0.1, -0.05) is 6.08 Å². The number of rotatable bonds is 3. The molecule has 0 unspecified atom stereocenters. The molecule has 1 rings (SSSR count). The highest BCUT2D eigenvalue weighted by atomic mass is 32.2. The molecule has 0 aliphatic heterocycles. The van der Waals surface area contributed by atoms with Gasteiger partial charge in [0.05, 0.1) is 5.69 Å². The van der Waals surface area contributed by atoms with Crippen LogP contribution in [0.5, 0.6) is 0 Å². The number of nitrogens with zero attached hydrogens (tertiary/aromatic N) is 1. The van der Waals surface area contributed by atoms with Crippen LogP contribution in [-0.4, -0.2) is 10.7 Å². The average Bonchev–Trinajstić information content (AvgIpc) is 2.07. The maximum absolute atomic E-state index is 5.71. The van der Waals surface area contributed by atoms with Gasteiger partial charge in [0.2, 0.25) is 0 Å². The number of nitrogens with two attached hydrogens (primary N) is 1. The first-order valence-electron chi connectivity index (χ1n) is 3.71. The fraction of sp³-hybridized carbons (Fsp3) is 0.222. The van der Waals surface area contributed by atoms with Crippen LogP contribution < -0.4 is 5.73 Å². The van der Waals surface area contributed by atoms with Crippen molar-refractivity contribution >= 4 is 17.4 Å². The van der Waals surface area contributed by atoms with Crippen LogP contribution in [0.2, 0.25) is 0 Å². The van der Waals surface area contributed by atoms with Gasteiger partial charge in [-0.3, -0.25) is 0 Å². The Hall–Kier alpha value is -0.960. The quantitative estimate of drug-likeness (QED) is 0.572. The Kier molecular flexibility index (Phi) is 3.17. The molecular formula is C9H12N2S. The van der Waals surface area contributed by atoms with Crippen molar-refractivity contribution in [1.29, 1.82) is 0 Å². The minimum Gasteiger partial charge on any atom is -0.397 e. The monoisotopic (exact) mass is 180 g/mol. The molecule has 2 nitrogen and oxygen atoms in total. The van der Waals surface area contributed by atoms with E-state index >= 15 is 0 Å². The Labute approximate surface area is 76.9 Å². The maximum atomic E-state index is 5.71. The molecule has 0 fully saturated rings. The summed E-state index contributed by atoms with van der Waals surface area (Å²) in [6.07, 6.45) is 1.84. The zero-order chi connectivity index (χ0) is 8.97. The number of pyridine rings is 1. The van der Waals surface area contributed by atoms with Crippen LogP contribution in [0.15, 0.2) is 29.8 Å². The minimum atomic E-state index is 0.743. The summed E-state index contributed by atoms with van der Waals surface area (Å²) in [7, 11) is 0. The smallest absolute Gasteiger partial charge is 0.120 e. The lowest BCUT2D eigenvalue weighted by Gasteiger charge is -2.02. The normalized spacial score (nSPS) is 9.75. The van der Waals surface area contributed by atoms with Gasteiger partial charge in [-0.05, 0) is 19.1 Å². The molecule has 0 radical (unpaired) electrons. The number of nitrogen functional groups attached to an aromatic ring is 1. The molecule has 3 heteroatoms. The summed E-state index contributed by atoms with van der Waals surface area (Å²) < 4.78 is 0. The van der Waals surface area contributed by atoms with Crippen molar-refractivity contribution in [2.75, 3.05) is 11.5 Å². The average molecular weight is 180 g/mol. The molecule has 0 saturated carbocycles. The molecule has 0 aliphatic carbocycles. The highest BCUT2D eigenvalue weighted by Crippen LogP contribution is 2.22. The standard InChI is InChI=1S/C9H12N2S/c1-3-6-12-9-8(10)5-4-7(2)11-9/h3-5H,1,6,10H2,2H3. The van der Waals surface area contributed by atoms with Gasteiger partial charge in [0, 0.05) is 11.4 Å². The van der Waals surface area contributed by atoms with Crippen LogP contribution in [-0.2, 0) is 0 Å². The van der Waals surface area contributed by atoms with Crippen molar-refractivity contribution in [2.45, 2.75) is 11.9 Å². The van der Waals surface area contributed by atoms with Crippen LogP contribution in [0.3, 0.4) is 0 Å². The lowest BCUT2D eigenvalue weighted by Crippen LogP contribution is -1.93. The molecule has 0 bridgehead atoms. The van der Waals surface area contributed by atoms with Crippen LogP contribution in [0.25, 0.3) is 0 Å². The van der Waals surface area contributed by atoms with E-state index in [0.717, 1.165) is 22.2 Å². The van der Waals surface area contributed by atoms with Gasteiger partial charge < -0.3 is 5.73 Å². The van der Waals surface area contributed by atoms with Crippen molar-refractivity contribution in [2.24, 2.45) is 0 Å². The van der Waals surface area contributed by atoms with Crippen LogP contribution in [0.1, 0.15) is 5.69 Å². The minimum absolute atomic E-state index is 0.743. The van der Waals surface area contributed by atoms with E-state index in [4.69, 9.17) is 5.73 Å². The lowest BCUT2D eigenvalue weighted by molar-refractivity contribution is 1.07. The Bertz CT molecular complexity index is 284. The van der Waals surface area contributed by atoms with E-state index in [1.54, 1.807) is 11.8 Å². The third-order valence-corrected chi connectivity index (χ3v) is 2.37. The molecule has 0 saturated heterocycles. The fourth-order valence-corrected chi connectivity index (χ4v) is 1.52. The first kappa shape index (κ1) is 9.13. The molecule has 0 spiro atoms. The predicted molar refractivity (Wildman–Crippen MR) is 54.3 cm³/mol. The van der Waals surface area contributed by atoms with Crippen molar-refractivity contribution in [3.63, 3.8) is 0 Å². The highest BCUT2D eigenvalue weighted by molar-refractivity contribution is 7.99. The summed E-state index contributed by atoms with van der Waals surface area (Å²) in [6, 6.07) is 3.79. The Morgan fingerprint density at radius 2 is 2.42 bits per heavy atom. The number of aryl methyl sites for hydroxylation is 1. The van der Waals surface area contributed by atoms with Crippen molar-refractivity contribution in [3.05, 3.63) is 30.5 Å². The molecule has 1 heterocycles. The van der Waals surface area contributed by atoms with Crippen LogP contribution >= 0.6 is 11.8 Å². The Morgan fingerprint density at radius 3 is 3.08 bits per heavy atom. The van der Waals surface area contributed by atoms with Gasteiger partial charge in [0.15, 0.2) is 0 Å². The summed E-state index contributed by atoms with van der Waals surface area (Å²) in [5, 5.41) is 0.898. The van der Waals surface area contributed by atoms with E-state index in [2.05, 4.69) is 11.6 Å². The van der Waals surface area contributed by atoms with Crippen molar-refractivity contribution in [1.82, 2.24) is 4.98 Å². The number of aromatic nitrogens is 1. The largest absolute Gasteiger partial charge is 0.397 e. The van der Waals surface area contributed by atoms with Crippen molar-refractivity contribution < 1.29 is 0 Å². The number of hydrogen-bond acceptors (Lipinski definition) is 3. The highest BCUT2D eigenvalue weighted by Gasteiger charge is 1.99. The molecule has 1 aromatic rings. The van der Waals surface area contributed by atoms with E-state index in [0.29, 0.717) is 0 Å². The molecular weight excluding hydrogens is 168 g/mol. The first-order valence-corrected chi connectivity index (χ1v) is 4.69. The lowest BCUT2D eigenvalue weighted by atomic mass is 10.3. The van der Waals surface area contributed by atoms with E-state index in [9.17, 15) is 0 Å². The van der Waals surface area contributed by atoms with Gasteiger partial charge >= 0.3 is 0 Å². The van der Waals surface area contributed by atoms with Crippen LogP contribution in [0, 0.1) is 6.92 Å². The number of anilines is 1. The van der Waals surface area contributed by atoms with E-state index in [-0.39, 0.29) is 0 Å². The summed E-state index contributed by atoms with van der Waals surface area (Å²) in [5.74, 6) is 0.848. The van der Waals surface area contributed by atoms with E-state index < -0.39 is 0 Å².